The van der Waals surface area contributed by atoms with Crippen LogP contribution in [0.15, 0.2) is 48.5 Å². The van der Waals surface area contributed by atoms with E-state index < -0.39 is 0 Å². The standard InChI is InChI=1S/C20H22N2O4/c1-22-12-11-14(13-19(22)23)20(24)21-15-7-9-16(10-8-15)26-18-6-4-3-5-17(18)25-2/h3-10,14H,11-13H2,1-2H3,(H,21,24). The van der Waals surface area contributed by atoms with Crippen LogP contribution in [0.3, 0.4) is 0 Å². The number of benzene rings is 2. The van der Waals surface area contributed by atoms with E-state index in [1.807, 2.05) is 24.3 Å². The van der Waals surface area contributed by atoms with Crippen molar-refractivity contribution in [2.24, 2.45) is 5.92 Å². The Hall–Kier alpha value is -3.02. The van der Waals surface area contributed by atoms with Gasteiger partial charge in [0, 0.05) is 31.6 Å². The lowest BCUT2D eigenvalue weighted by Crippen LogP contribution is -2.39. The molecule has 0 aromatic heterocycles. The molecule has 1 unspecified atom stereocenters. The van der Waals surface area contributed by atoms with E-state index in [9.17, 15) is 9.59 Å². The van der Waals surface area contributed by atoms with Gasteiger partial charge in [-0.1, -0.05) is 12.1 Å². The summed E-state index contributed by atoms with van der Waals surface area (Å²) in [6, 6.07) is 14.5. The maximum atomic E-state index is 12.3. The van der Waals surface area contributed by atoms with Crippen LogP contribution < -0.4 is 14.8 Å². The summed E-state index contributed by atoms with van der Waals surface area (Å²) >= 11 is 0. The predicted molar refractivity (Wildman–Crippen MR) is 98.5 cm³/mol. The van der Waals surface area contributed by atoms with Gasteiger partial charge in [0.1, 0.15) is 5.75 Å². The molecule has 1 fully saturated rings. The highest BCUT2D eigenvalue weighted by molar-refractivity contribution is 5.95. The number of nitrogens with one attached hydrogen (secondary N) is 1. The molecule has 6 heteroatoms. The lowest BCUT2D eigenvalue weighted by atomic mass is 9.95. The molecule has 136 valence electrons. The van der Waals surface area contributed by atoms with E-state index in [1.165, 1.54) is 0 Å². The van der Waals surface area contributed by atoms with Crippen LogP contribution in [0.1, 0.15) is 12.8 Å². The second-order valence-corrected chi connectivity index (χ2v) is 6.27. The lowest BCUT2D eigenvalue weighted by Gasteiger charge is -2.27. The molecule has 1 heterocycles. The monoisotopic (exact) mass is 354 g/mol. The van der Waals surface area contributed by atoms with E-state index in [0.717, 1.165) is 0 Å². The first-order chi connectivity index (χ1) is 12.6. The highest BCUT2D eigenvalue weighted by Crippen LogP contribution is 2.31. The minimum absolute atomic E-state index is 0.0111. The molecule has 0 saturated carbocycles. The average molecular weight is 354 g/mol. The number of rotatable bonds is 5. The Balaban J connectivity index is 1.61. The molecule has 1 saturated heterocycles. The van der Waals surface area contributed by atoms with E-state index in [4.69, 9.17) is 9.47 Å². The Morgan fingerprint density at radius 1 is 1.12 bits per heavy atom. The van der Waals surface area contributed by atoms with Crippen LogP contribution in [0.2, 0.25) is 0 Å². The number of para-hydroxylation sites is 2. The third kappa shape index (κ3) is 4.14. The third-order valence-electron chi connectivity index (χ3n) is 4.45. The highest BCUT2D eigenvalue weighted by Gasteiger charge is 2.28. The zero-order valence-corrected chi connectivity index (χ0v) is 14.9. The zero-order valence-electron chi connectivity index (χ0n) is 14.9. The van der Waals surface area contributed by atoms with Crippen LogP contribution in [0, 0.1) is 5.92 Å². The molecule has 1 atom stereocenters. The Bertz CT molecular complexity index is 789. The van der Waals surface area contributed by atoms with Gasteiger partial charge in [-0.25, -0.2) is 0 Å². The molecule has 3 rings (SSSR count). The SMILES string of the molecule is COc1ccccc1Oc1ccc(NC(=O)C2CCN(C)C(=O)C2)cc1. The minimum atomic E-state index is -0.275. The van der Waals surface area contributed by atoms with Crippen LogP contribution in [0.5, 0.6) is 17.2 Å². The first kappa shape index (κ1) is 17.8. The van der Waals surface area contributed by atoms with Crippen molar-refractivity contribution in [3.8, 4) is 17.2 Å². The fourth-order valence-electron chi connectivity index (χ4n) is 2.85. The van der Waals surface area contributed by atoms with Gasteiger partial charge in [-0.05, 0) is 42.8 Å². The number of carbonyl (C=O) groups is 2. The van der Waals surface area contributed by atoms with Gasteiger partial charge in [0.2, 0.25) is 11.8 Å². The molecule has 0 bridgehead atoms. The normalized spacial score (nSPS) is 16.9. The number of nitrogens with zero attached hydrogens (tertiary/aromatic N) is 1. The molecule has 1 aliphatic rings. The number of anilines is 1. The van der Waals surface area contributed by atoms with Crippen LogP contribution in [0.25, 0.3) is 0 Å². The summed E-state index contributed by atoms with van der Waals surface area (Å²) in [5.74, 6) is 1.53. The van der Waals surface area contributed by atoms with Gasteiger partial charge in [-0.15, -0.1) is 0 Å². The van der Waals surface area contributed by atoms with E-state index in [1.54, 1.807) is 43.3 Å². The number of ether oxygens (including phenoxy) is 2. The Labute approximate surface area is 152 Å². The van der Waals surface area contributed by atoms with Crippen LogP contribution >= 0.6 is 0 Å². The summed E-state index contributed by atoms with van der Waals surface area (Å²) < 4.78 is 11.1. The fraction of sp³-hybridized carbons (Fsp3) is 0.300. The summed E-state index contributed by atoms with van der Waals surface area (Å²) in [7, 11) is 3.35. The molecule has 0 radical (unpaired) electrons. The molecule has 2 amide bonds. The van der Waals surface area contributed by atoms with Crippen LogP contribution in [-0.4, -0.2) is 37.4 Å². The summed E-state index contributed by atoms with van der Waals surface area (Å²) in [5, 5.41) is 2.87. The molecule has 6 nitrogen and oxygen atoms in total. The van der Waals surface area contributed by atoms with E-state index in [2.05, 4.69) is 5.32 Å². The topological polar surface area (TPSA) is 67.9 Å². The third-order valence-corrected chi connectivity index (χ3v) is 4.45. The number of piperidine rings is 1. The van der Waals surface area contributed by atoms with Gasteiger partial charge in [-0.2, -0.15) is 0 Å². The van der Waals surface area contributed by atoms with Gasteiger partial charge < -0.3 is 19.7 Å². The second-order valence-electron chi connectivity index (χ2n) is 6.27. The van der Waals surface area contributed by atoms with Crippen molar-refractivity contribution in [1.82, 2.24) is 4.90 Å². The molecule has 2 aromatic rings. The van der Waals surface area contributed by atoms with Crippen molar-refractivity contribution in [3.63, 3.8) is 0 Å². The Morgan fingerprint density at radius 3 is 2.46 bits per heavy atom. The summed E-state index contributed by atoms with van der Waals surface area (Å²) in [4.78, 5) is 25.8. The number of likely N-dealkylation sites (tertiary alicyclic amines) is 1. The largest absolute Gasteiger partial charge is 0.493 e. The first-order valence-electron chi connectivity index (χ1n) is 8.52. The van der Waals surface area contributed by atoms with Gasteiger partial charge in [0.25, 0.3) is 0 Å². The molecule has 2 aromatic carbocycles. The lowest BCUT2D eigenvalue weighted by molar-refractivity contribution is -0.137. The summed E-state index contributed by atoms with van der Waals surface area (Å²) in [5.41, 5.74) is 0.675. The highest BCUT2D eigenvalue weighted by atomic mass is 16.5. The zero-order chi connectivity index (χ0) is 18.5. The van der Waals surface area contributed by atoms with Crippen molar-refractivity contribution < 1.29 is 19.1 Å². The maximum Gasteiger partial charge on any atom is 0.228 e. The summed E-state index contributed by atoms with van der Waals surface area (Å²) in [6.45, 7) is 0.614. The van der Waals surface area contributed by atoms with Crippen molar-refractivity contribution in [3.05, 3.63) is 48.5 Å². The van der Waals surface area contributed by atoms with Gasteiger partial charge in [0.05, 0.1) is 7.11 Å². The molecule has 0 aliphatic carbocycles. The number of hydrogen-bond donors (Lipinski definition) is 1. The fourth-order valence-corrected chi connectivity index (χ4v) is 2.85. The second kappa shape index (κ2) is 7.91. The molecule has 26 heavy (non-hydrogen) atoms. The van der Waals surface area contributed by atoms with Crippen LogP contribution in [0.4, 0.5) is 5.69 Å². The van der Waals surface area contributed by atoms with Crippen LogP contribution in [-0.2, 0) is 9.59 Å². The number of carbonyl (C=O) groups excluding carboxylic acids is 2. The van der Waals surface area contributed by atoms with Gasteiger partial charge >= 0.3 is 0 Å². The molecule has 1 N–H and O–H groups in total. The number of amides is 2. The molecular formula is C20H22N2O4. The number of hydrogen-bond acceptors (Lipinski definition) is 4. The van der Waals surface area contributed by atoms with E-state index in [0.29, 0.717) is 35.9 Å². The number of methoxy groups -OCH3 is 1. The Morgan fingerprint density at radius 2 is 1.81 bits per heavy atom. The van der Waals surface area contributed by atoms with E-state index in [-0.39, 0.29) is 24.2 Å². The smallest absolute Gasteiger partial charge is 0.228 e. The van der Waals surface area contributed by atoms with Crippen molar-refractivity contribution in [1.29, 1.82) is 0 Å². The van der Waals surface area contributed by atoms with Crippen molar-refractivity contribution in [2.75, 3.05) is 26.0 Å². The summed E-state index contributed by atoms with van der Waals surface area (Å²) in [6.07, 6.45) is 0.945. The average Bonchev–Trinajstić information content (AvgIpc) is 2.66. The minimum Gasteiger partial charge on any atom is -0.493 e. The Kier molecular flexibility index (Phi) is 5.41. The van der Waals surface area contributed by atoms with Crippen molar-refractivity contribution >= 4 is 17.5 Å². The van der Waals surface area contributed by atoms with Gasteiger partial charge in [0.15, 0.2) is 11.5 Å². The first-order valence-corrected chi connectivity index (χ1v) is 8.52. The quantitative estimate of drug-likeness (QED) is 0.895. The molecular weight excluding hydrogens is 332 g/mol. The predicted octanol–water partition coefficient (Wildman–Crippen LogP) is 3.29. The molecule has 1 aliphatic heterocycles. The molecule has 0 spiro atoms. The maximum absolute atomic E-state index is 12.3. The van der Waals surface area contributed by atoms with Gasteiger partial charge in [-0.3, -0.25) is 9.59 Å². The van der Waals surface area contributed by atoms with Crippen molar-refractivity contribution in [2.45, 2.75) is 12.8 Å². The van der Waals surface area contributed by atoms with E-state index >= 15 is 0 Å².